The predicted molar refractivity (Wildman–Crippen MR) is 86.4 cm³/mol. The normalized spacial score (nSPS) is 23.9. The number of benzene rings is 1. The van der Waals surface area contributed by atoms with Crippen molar-refractivity contribution in [3.8, 4) is 17.2 Å². The fourth-order valence-corrected chi connectivity index (χ4v) is 3.56. The molecule has 0 spiro atoms. The lowest BCUT2D eigenvalue weighted by Gasteiger charge is -2.14. The molecular formula is C17H22N2O4. The van der Waals surface area contributed by atoms with Gasteiger partial charge in [-0.3, -0.25) is 4.79 Å². The van der Waals surface area contributed by atoms with E-state index in [-0.39, 0.29) is 5.91 Å². The first-order chi connectivity index (χ1) is 11.2. The van der Waals surface area contributed by atoms with Crippen molar-refractivity contribution in [2.75, 3.05) is 21.3 Å². The van der Waals surface area contributed by atoms with Crippen molar-refractivity contribution >= 4 is 11.6 Å². The number of methoxy groups -OCH3 is 3. The Morgan fingerprint density at radius 1 is 1.13 bits per heavy atom. The van der Waals surface area contributed by atoms with E-state index >= 15 is 0 Å². The Kier molecular flexibility index (Phi) is 4.41. The van der Waals surface area contributed by atoms with Crippen LogP contribution in [0.5, 0.6) is 17.2 Å². The molecule has 0 heterocycles. The molecule has 2 aliphatic carbocycles. The Labute approximate surface area is 135 Å². The number of carbonyl (C=O) groups excluding carboxylic acids is 1. The van der Waals surface area contributed by atoms with Gasteiger partial charge >= 0.3 is 0 Å². The summed E-state index contributed by atoms with van der Waals surface area (Å²) in [5.74, 6) is 2.40. The van der Waals surface area contributed by atoms with Crippen molar-refractivity contribution in [1.29, 1.82) is 0 Å². The second-order valence-electron chi connectivity index (χ2n) is 6.04. The summed E-state index contributed by atoms with van der Waals surface area (Å²) in [6.45, 7) is 0. The summed E-state index contributed by atoms with van der Waals surface area (Å²) in [6.07, 6.45) is 4.73. The lowest BCUT2D eigenvalue weighted by Crippen LogP contribution is -2.22. The molecule has 23 heavy (non-hydrogen) atoms. The van der Waals surface area contributed by atoms with E-state index in [9.17, 15) is 4.79 Å². The lowest BCUT2D eigenvalue weighted by molar-refractivity contribution is 0.0953. The third-order valence-corrected chi connectivity index (χ3v) is 4.74. The zero-order valence-corrected chi connectivity index (χ0v) is 13.7. The maximum absolute atomic E-state index is 12.4. The van der Waals surface area contributed by atoms with Gasteiger partial charge in [0.25, 0.3) is 5.91 Å². The van der Waals surface area contributed by atoms with E-state index in [0.29, 0.717) is 28.7 Å². The van der Waals surface area contributed by atoms with Crippen molar-refractivity contribution in [3.63, 3.8) is 0 Å². The van der Waals surface area contributed by atoms with Crippen LogP contribution in [0, 0.1) is 11.8 Å². The standard InChI is InChI=1S/C17H22N2O4/c1-21-14-8-12(9-15(22-2)16(14)23-3)17(20)19-18-13-7-10-4-5-11(13)6-10/h8-11H,4-7H2,1-3H3,(H,19,20)/b18-13-/t10-,11+/m0/s1. The van der Waals surface area contributed by atoms with Crippen LogP contribution in [0.15, 0.2) is 17.2 Å². The van der Waals surface area contributed by atoms with E-state index in [2.05, 4.69) is 10.5 Å². The maximum Gasteiger partial charge on any atom is 0.271 e. The molecule has 1 N–H and O–H groups in total. The first-order valence-electron chi connectivity index (χ1n) is 7.83. The summed E-state index contributed by atoms with van der Waals surface area (Å²) in [4.78, 5) is 12.4. The van der Waals surface area contributed by atoms with Gasteiger partial charge < -0.3 is 14.2 Å². The van der Waals surface area contributed by atoms with Crippen LogP contribution in [-0.2, 0) is 0 Å². The second kappa shape index (κ2) is 6.48. The number of amides is 1. The molecule has 2 aliphatic rings. The summed E-state index contributed by atoms with van der Waals surface area (Å²) in [5, 5.41) is 4.34. The summed E-state index contributed by atoms with van der Waals surface area (Å²) < 4.78 is 15.8. The monoisotopic (exact) mass is 318 g/mol. The Hall–Kier alpha value is -2.24. The Morgan fingerprint density at radius 2 is 1.83 bits per heavy atom. The highest BCUT2D eigenvalue weighted by Gasteiger charge is 2.36. The second-order valence-corrected chi connectivity index (χ2v) is 6.04. The molecule has 6 nitrogen and oxygen atoms in total. The molecule has 0 unspecified atom stereocenters. The van der Waals surface area contributed by atoms with Crippen LogP contribution in [0.1, 0.15) is 36.0 Å². The van der Waals surface area contributed by atoms with Crippen LogP contribution in [0.2, 0.25) is 0 Å². The van der Waals surface area contributed by atoms with E-state index in [1.54, 1.807) is 12.1 Å². The quantitative estimate of drug-likeness (QED) is 0.847. The minimum absolute atomic E-state index is 0.278. The first-order valence-corrected chi connectivity index (χ1v) is 7.83. The molecule has 2 saturated carbocycles. The maximum atomic E-state index is 12.4. The molecule has 0 aliphatic heterocycles. The smallest absolute Gasteiger partial charge is 0.271 e. The number of fused-ring (bicyclic) bond motifs is 2. The highest BCUT2D eigenvalue weighted by Crippen LogP contribution is 2.42. The van der Waals surface area contributed by atoms with E-state index in [0.717, 1.165) is 18.1 Å². The molecule has 1 aromatic carbocycles. The molecule has 2 atom stereocenters. The number of nitrogens with zero attached hydrogens (tertiary/aromatic N) is 1. The molecule has 2 bridgehead atoms. The number of rotatable bonds is 5. The topological polar surface area (TPSA) is 69.2 Å². The van der Waals surface area contributed by atoms with Gasteiger partial charge in [0.2, 0.25) is 5.75 Å². The Bertz CT molecular complexity index is 616. The number of hydrazone groups is 1. The molecule has 1 amide bonds. The molecule has 1 aromatic rings. The number of nitrogens with one attached hydrogen (secondary N) is 1. The van der Waals surface area contributed by atoms with Crippen LogP contribution >= 0.6 is 0 Å². The summed E-state index contributed by atoms with van der Waals surface area (Å²) in [7, 11) is 4.57. The Morgan fingerprint density at radius 3 is 2.30 bits per heavy atom. The van der Waals surface area contributed by atoms with Gasteiger partial charge in [-0.25, -0.2) is 5.43 Å². The van der Waals surface area contributed by atoms with Crippen molar-refractivity contribution in [1.82, 2.24) is 5.43 Å². The van der Waals surface area contributed by atoms with Crippen LogP contribution < -0.4 is 19.6 Å². The van der Waals surface area contributed by atoms with Crippen molar-refractivity contribution in [2.24, 2.45) is 16.9 Å². The van der Waals surface area contributed by atoms with Gasteiger partial charge in [-0.15, -0.1) is 0 Å². The van der Waals surface area contributed by atoms with E-state index in [1.165, 1.54) is 40.6 Å². The fraction of sp³-hybridized carbons (Fsp3) is 0.529. The largest absolute Gasteiger partial charge is 0.493 e. The van der Waals surface area contributed by atoms with Gasteiger partial charge in [0, 0.05) is 11.3 Å². The third kappa shape index (κ3) is 2.98. The molecule has 3 rings (SSSR count). The van der Waals surface area contributed by atoms with Crippen molar-refractivity contribution in [2.45, 2.75) is 25.7 Å². The highest BCUT2D eigenvalue weighted by molar-refractivity contribution is 5.97. The highest BCUT2D eigenvalue weighted by atomic mass is 16.5. The van der Waals surface area contributed by atoms with Gasteiger partial charge in [-0.1, -0.05) is 0 Å². The summed E-state index contributed by atoms with van der Waals surface area (Å²) >= 11 is 0. The minimum Gasteiger partial charge on any atom is -0.493 e. The number of ether oxygens (including phenoxy) is 3. The number of hydrogen-bond donors (Lipinski definition) is 1. The summed E-state index contributed by atoms with van der Waals surface area (Å²) in [6, 6.07) is 3.25. The molecular weight excluding hydrogens is 296 g/mol. The van der Waals surface area contributed by atoms with Crippen LogP contribution in [0.4, 0.5) is 0 Å². The van der Waals surface area contributed by atoms with Crippen molar-refractivity contribution in [3.05, 3.63) is 17.7 Å². The van der Waals surface area contributed by atoms with E-state index in [4.69, 9.17) is 14.2 Å². The SMILES string of the molecule is COc1cc(C(=O)N/N=C2/C[C@H]3CC[C@@H]2C3)cc(OC)c1OC. The zero-order valence-electron chi connectivity index (χ0n) is 13.7. The molecule has 0 radical (unpaired) electrons. The molecule has 0 aromatic heterocycles. The predicted octanol–water partition coefficient (Wildman–Crippen LogP) is 2.62. The fourth-order valence-electron chi connectivity index (χ4n) is 3.56. The Balaban J connectivity index is 1.78. The van der Waals surface area contributed by atoms with Gasteiger partial charge in [0.05, 0.1) is 21.3 Å². The average molecular weight is 318 g/mol. The van der Waals surface area contributed by atoms with Gasteiger partial charge in [-0.2, -0.15) is 5.10 Å². The van der Waals surface area contributed by atoms with Crippen LogP contribution in [0.25, 0.3) is 0 Å². The van der Waals surface area contributed by atoms with Crippen molar-refractivity contribution < 1.29 is 19.0 Å². The molecule has 124 valence electrons. The summed E-state index contributed by atoms with van der Waals surface area (Å²) in [5.41, 5.74) is 4.21. The van der Waals surface area contributed by atoms with Gasteiger partial charge in [0.15, 0.2) is 11.5 Å². The average Bonchev–Trinajstić information content (AvgIpc) is 3.21. The first kappa shape index (κ1) is 15.6. The zero-order chi connectivity index (χ0) is 16.4. The lowest BCUT2D eigenvalue weighted by atomic mass is 9.99. The number of carbonyl (C=O) groups is 1. The molecule has 0 saturated heterocycles. The van der Waals surface area contributed by atoms with Gasteiger partial charge in [-0.05, 0) is 49.7 Å². The van der Waals surface area contributed by atoms with E-state index < -0.39 is 0 Å². The molecule has 6 heteroatoms. The van der Waals surface area contributed by atoms with E-state index in [1.807, 2.05) is 0 Å². The minimum atomic E-state index is -0.278. The van der Waals surface area contributed by atoms with Crippen LogP contribution in [0.3, 0.4) is 0 Å². The molecule has 2 fully saturated rings. The third-order valence-electron chi connectivity index (χ3n) is 4.74. The number of hydrogen-bond acceptors (Lipinski definition) is 5. The van der Waals surface area contributed by atoms with Crippen LogP contribution in [-0.4, -0.2) is 32.9 Å². The van der Waals surface area contributed by atoms with Gasteiger partial charge in [0.1, 0.15) is 0 Å².